The highest BCUT2D eigenvalue weighted by Gasteiger charge is 2.46. The highest BCUT2D eigenvalue weighted by Crippen LogP contribution is 2.26. The minimum atomic E-state index is -2.85. The number of hydrogen-bond donors (Lipinski definition) is 1. The van der Waals surface area contributed by atoms with E-state index in [-0.39, 0.29) is 19.0 Å². The van der Waals surface area contributed by atoms with Crippen molar-refractivity contribution in [1.29, 1.82) is 0 Å². The van der Waals surface area contributed by atoms with Crippen molar-refractivity contribution < 1.29 is 13.5 Å². The standard InChI is InChI=1S/C9H10F2IN3O/c1-5-8(14-3-7(12)15-5)16-6-2-13-4-9(6,10)11/h3,6,13H,2,4H2,1H3. The summed E-state index contributed by atoms with van der Waals surface area (Å²) in [5.74, 6) is -2.68. The Morgan fingerprint density at radius 1 is 1.62 bits per heavy atom. The summed E-state index contributed by atoms with van der Waals surface area (Å²) in [4.78, 5) is 8.05. The van der Waals surface area contributed by atoms with Gasteiger partial charge in [0.05, 0.1) is 12.7 Å². The fourth-order valence-corrected chi connectivity index (χ4v) is 1.95. The van der Waals surface area contributed by atoms with Gasteiger partial charge in [0.15, 0.2) is 6.10 Å². The predicted molar refractivity (Wildman–Crippen MR) is 61.7 cm³/mol. The average molecular weight is 341 g/mol. The smallest absolute Gasteiger partial charge is 0.297 e. The topological polar surface area (TPSA) is 47.0 Å². The first-order valence-corrected chi connectivity index (χ1v) is 5.81. The maximum absolute atomic E-state index is 13.3. The van der Waals surface area contributed by atoms with E-state index in [9.17, 15) is 8.78 Å². The fourth-order valence-electron chi connectivity index (χ4n) is 1.45. The molecule has 4 nitrogen and oxygen atoms in total. The number of aryl methyl sites for hydroxylation is 1. The molecule has 1 atom stereocenters. The van der Waals surface area contributed by atoms with Crippen molar-refractivity contribution in [2.24, 2.45) is 0 Å². The second-order valence-electron chi connectivity index (χ2n) is 3.58. The van der Waals surface area contributed by atoms with Crippen molar-refractivity contribution in [3.8, 4) is 5.88 Å². The molecule has 1 N–H and O–H groups in total. The average Bonchev–Trinajstić information content (AvgIpc) is 2.50. The van der Waals surface area contributed by atoms with Gasteiger partial charge in [-0.05, 0) is 29.5 Å². The van der Waals surface area contributed by atoms with E-state index in [0.717, 1.165) is 0 Å². The summed E-state index contributed by atoms with van der Waals surface area (Å²) in [5.41, 5.74) is 0.523. The van der Waals surface area contributed by atoms with Gasteiger partial charge in [-0.3, -0.25) is 0 Å². The van der Waals surface area contributed by atoms with E-state index < -0.39 is 12.0 Å². The molecule has 0 saturated carbocycles. The van der Waals surface area contributed by atoms with Crippen LogP contribution in [0.4, 0.5) is 8.78 Å². The molecule has 0 aromatic carbocycles. The zero-order chi connectivity index (χ0) is 11.8. The Bertz CT molecular complexity index is 402. The fraction of sp³-hybridized carbons (Fsp3) is 0.556. The lowest BCUT2D eigenvalue weighted by Crippen LogP contribution is -2.37. The van der Waals surface area contributed by atoms with Crippen molar-refractivity contribution >= 4 is 22.6 Å². The van der Waals surface area contributed by atoms with Crippen molar-refractivity contribution in [1.82, 2.24) is 15.3 Å². The molecule has 0 amide bonds. The molecule has 16 heavy (non-hydrogen) atoms. The van der Waals surface area contributed by atoms with E-state index in [4.69, 9.17) is 4.74 Å². The molecule has 0 spiro atoms. The third kappa shape index (κ3) is 2.40. The van der Waals surface area contributed by atoms with Gasteiger partial charge in [0.2, 0.25) is 5.88 Å². The van der Waals surface area contributed by atoms with E-state index in [1.807, 2.05) is 22.6 Å². The Balaban J connectivity index is 2.15. The summed E-state index contributed by atoms with van der Waals surface area (Å²) in [6.45, 7) is 1.46. The zero-order valence-corrected chi connectivity index (χ0v) is 10.7. The largest absolute Gasteiger partial charge is 0.465 e. The van der Waals surface area contributed by atoms with Crippen molar-refractivity contribution in [2.75, 3.05) is 13.1 Å². The van der Waals surface area contributed by atoms with E-state index in [0.29, 0.717) is 9.39 Å². The minimum absolute atomic E-state index is 0.125. The van der Waals surface area contributed by atoms with Crippen molar-refractivity contribution in [3.05, 3.63) is 15.6 Å². The molecule has 0 bridgehead atoms. The predicted octanol–water partition coefficient (Wildman–Crippen LogP) is 1.38. The van der Waals surface area contributed by atoms with Gasteiger partial charge in [-0.2, -0.15) is 0 Å². The van der Waals surface area contributed by atoms with Crippen LogP contribution in [0.3, 0.4) is 0 Å². The molecule has 1 fully saturated rings. The summed E-state index contributed by atoms with van der Waals surface area (Å²) in [5, 5.41) is 2.59. The van der Waals surface area contributed by atoms with Gasteiger partial charge < -0.3 is 10.1 Å². The quantitative estimate of drug-likeness (QED) is 0.826. The molecule has 1 aliphatic heterocycles. The SMILES string of the molecule is Cc1nc(I)cnc1OC1CNCC1(F)F. The number of nitrogens with one attached hydrogen (secondary N) is 1. The zero-order valence-electron chi connectivity index (χ0n) is 8.51. The van der Waals surface area contributed by atoms with E-state index in [1.165, 1.54) is 6.20 Å². The normalized spacial score (nSPS) is 23.4. The number of nitrogens with zero attached hydrogens (tertiary/aromatic N) is 2. The molecule has 2 heterocycles. The Hall–Kier alpha value is -0.570. The van der Waals surface area contributed by atoms with Gasteiger partial charge in [-0.25, -0.2) is 18.7 Å². The molecule has 0 aliphatic carbocycles. The monoisotopic (exact) mass is 341 g/mol. The summed E-state index contributed by atoms with van der Waals surface area (Å²) in [6, 6.07) is 0. The third-order valence-electron chi connectivity index (χ3n) is 2.29. The molecular weight excluding hydrogens is 331 g/mol. The highest BCUT2D eigenvalue weighted by atomic mass is 127. The summed E-state index contributed by atoms with van der Waals surface area (Å²) < 4.78 is 32.4. The van der Waals surface area contributed by atoms with Crippen molar-refractivity contribution in [3.63, 3.8) is 0 Å². The number of alkyl halides is 2. The van der Waals surface area contributed by atoms with Crippen LogP contribution in [0.2, 0.25) is 0 Å². The van der Waals surface area contributed by atoms with Gasteiger partial charge in [0, 0.05) is 6.54 Å². The Labute approximate surface area is 105 Å². The molecular formula is C9H10F2IN3O. The van der Waals surface area contributed by atoms with E-state index in [1.54, 1.807) is 6.92 Å². The van der Waals surface area contributed by atoms with Crippen LogP contribution < -0.4 is 10.1 Å². The van der Waals surface area contributed by atoms with Gasteiger partial charge >= 0.3 is 0 Å². The molecule has 2 rings (SSSR count). The lowest BCUT2D eigenvalue weighted by molar-refractivity contribution is -0.0616. The Kier molecular flexibility index (Phi) is 3.24. The molecule has 1 aliphatic rings. The maximum Gasteiger partial charge on any atom is 0.297 e. The van der Waals surface area contributed by atoms with E-state index in [2.05, 4.69) is 15.3 Å². The van der Waals surface area contributed by atoms with Gasteiger partial charge in [-0.1, -0.05) is 0 Å². The number of halogens is 3. The first-order valence-electron chi connectivity index (χ1n) is 4.73. The van der Waals surface area contributed by atoms with Gasteiger partial charge in [0.25, 0.3) is 5.92 Å². The van der Waals surface area contributed by atoms with Crippen LogP contribution in [0.5, 0.6) is 5.88 Å². The second-order valence-corrected chi connectivity index (χ2v) is 4.69. The van der Waals surface area contributed by atoms with Gasteiger partial charge in [-0.15, -0.1) is 0 Å². The summed E-state index contributed by atoms with van der Waals surface area (Å²) in [7, 11) is 0. The van der Waals surface area contributed by atoms with Crippen LogP contribution in [0, 0.1) is 10.6 Å². The number of hydrogen-bond acceptors (Lipinski definition) is 4. The summed E-state index contributed by atoms with van der Waals surface area (Å²) in [6.07, 6.45) is 0.323. The summed E-state index contributed by atoms with van der Waals surface area (Å²) >= 11 is 2.00. The lowest BCUT2D eigenvalue weighted by Gasteiger charge is -2.19. The number of ether oxygens (including phenoxy) is 1. The molecule has 0 radical (unpaired) electrons. The van der Waals surface area contributed by atoms with Gasteiger partial charge in [0.1, 0.15) is 9.39 Å². The first kappa shape index (κ1) is 11.9. The van der Waals surface area contributed by atoms with Crippen molar-refractivity contribution in [2.45, 2.75) is 19.0 Å². The van der Waals surface area contributed by atoms with Crippen LogP contribution in [-0.4, -0.2) is 35.1 Å². The molecule has 88 valence electrons. The van der Waals surface area contributed by atoms with Crippen LogP contribution in [0.15, 0.2) is 6.20 Å². The lowest BCUT2D eigenvalue weighted by atomic mass is 10.2. The molecule has 7 heteroatoms. The van der Waals surface area contributed by atoms with Crippen LogP contribution in [-0.2, 0) is 0 Å². The minimum Gasteiger partial charge on any atom is -0.465 e. The van der Waals surface area contributed by atoms with Crippen LogP contribution in [0.1, 0.15) is 5.69 Å². The first-order chi connectivity index (χ1) is 7.49. The molecule has 1 aromatic rings. The molecule has 1 unspecified atom stereocenters. The number of rotatable bonds is 2. The Morgan fingerprint density at radius 3 is 2.94 bits per heavy atom. The van der Waals surface area contributed by atoms with Crippen LogP contribution in [0.25, 0.3) is 0 Å². The molecule has 1 saturated heterocycles. The maximum atomic E-state index is 13.3. The second kappa shape index (κ2) is 4.36. The number of aromatic nitrogens is 2. The Morgan fingerprint density at radius 2 is 2.38 bits per heavy atom. The molecule has 1 aromatic heterocycles. The highest BCUT2D eigenvalue weighted by molar-refractivity contribution is 14.1. The van der Waals surface area contributed by atoms with Crippen LogP contribution >= 0.6 is 22.6 Å². The third-order valence-corrected chi connectivity index (χ3v) is 2.81. The van der Waals surface area contributed by atoms with E-state index >= 15 is 0 Å².